The Balaban J connectivity index is 2.28. The summed E-state index contributed by atoms with van der Waals surface area (Å²) in [6.07, 6.45) is 1.84. The highest BCUT2D eigenvalue weighted by Gasteiger charge is 2.43. The molecule has 0 radical (unpaired) electrons. The zero-order valence-electron chi connectivity index (χ0n) is 13.3. The van der Waals surface area contributed by atoms with Gasteiger partial charge in [0.1, 0.15) is 0 Å². The van der Waals surface area contributed by atoms with Crippen molar-refractivity contribution in [1.29, 1.82) is 0 Å². The Kier molecular flexibility index (Phi) is 5.24. The number of aryl methyl sites for hydroxylation is 1. The summed E-state index contributed by atoms with van der Waals surface area (Å²) in [5.41, 5.74) is 1.42. The number of ether oxygens (including phenoxy) is 1. The van der Waals surface area contributed by atoms with Crippen LogP contribution in [0.1, 0.15) is 50.3 Å². The molecule has 0 saturated heterocycles. The second kappa shape index (κ2) is 6.79. The summed E-state index contributed by atoms with van der Waals surface area (Å²) in [4.78, 5) is 12.3. The van der Waals surface area contributed by atoms with Crippen LogP contribution in [0.4, 0.5) is 0 Å². The molecule has 122 valence electrons. The van der Waals surface area contributed by atoms with E-state index in [0.29, 0.717) is 23.6 Å². The quantitative estimate of drug-likeness (QED) is 0.596. The van der Waals surface area contributed by atoms with Gasteiger partial charge in [-0.2, -0.15) is 4.31 Å². The molecule has 5 nitrogen and oxygen atoms in total. The van der Waals surface area contributed by atoms with Crippen molar-refractivity contribution in [2.45, 2.75) is 51.0 Å². The van der Waals surface area contributed by atoms with E-state index >= 15 is 0 Å². The summed E-state index contributed by atoms with van der Waals surface area (Å²) in [5.74, 6) is -0.346. The van der Waals surface area contributed by atoms with Crippen LogP contribution in [0.25, 0.3) is 0 Å². The number of carbonyl (C=O) groups excluding carboxylic acids is 1. The lowest BCUT2D eigenvalue weighted by atomic mass is 10.0. The lowest BCUT2D eigenvalue weighted by Gasteiger charge is -2.21. The fourth-order valence-electron chi connectivity index (χ4n) is 2.88. The summed E-state index contributed by atoms with van der Waals surface area (Å²) >= 11 is 0. The van der Waals surface area contributed by atoms with Gasteiger partial charge < -0.3 is 4.74 Å². The van der Waals surface area contributed by atoms with Gasteiger partial charge in [0.25, 0.3) is 0 Å². The molecule has 1 aliphatic heterocycles. The third-order valence-electron chi connectivity index (χ3n) is 3.95. The van der Waals surface area contributed by atoms with Gasteiger partial charge in [-0.05, 0) is 24.5 Å². The Hall–Kier alpha value is -1.40. The van der Waals surface area contributed by atoms with Crippen LogP contribution in [-0.4, -0.2) is 31.8 Å². The molecule has 6 heteroatoms. The van der Waals surface area contributed by atoms with Crippen molar-refractivity contribution in [3.8, 4) is 0 Å². The normalized spacial score (nSPS) is 19.9. The van der Waals surface area contributed by atoms with Crippen molar-refractivity contribution >= 4 is 16.0 Å². The minimum Gasteiger partial charge on any atom is -0.466 e. The third-order valence-corrected chi connectivity index (χ3v) is 6.15. The Labute approximate surface area is 132 Å². The number of benzene rings is 1. The third kappa shape index (κ3) is 3.03. The van der Waals surface area contributed by atoms with E-state index in [0.717, 1.165) is 18.4 Å². The molecule has 1 aromatic rings. The second-order valence-electron chi connectivity index (χ2n) is 5.50. The van der Waals surface area contributed by atoms with Gasteiger partial charge in [0.15, 0.2) is 0 Å². The fraction of sp³-hybridized carbons (Fsp3) is 0.562. The van der Waals surface area contributed by atoms with Gasteiger partial charge in [0.2, 0.25) is 10.0 Å². The number of nitrogens with zero attached hydrogens (tertiary/aromatic N) is 1. The molecule has 1 unspecified atom stereocenters. The van der Waals surface area contributed by atoms with E-state index in [2.05, 4.69) is 0 Å². The number of rotatable bonds is 6. The minimum absolute atomic E-state index is 0.0627. The lowest BCUT2D eigenvalue weighted by Crippen LogP contribution is -2.30. The van der Waals surface area contributed by atoms with E-state index in [1.807, 2.05) is 13.0 Å². The maximum Gasteiger partial charge on any atom is 0.307 e. The Morgan fingerprint density at radius 2 is 2.05 bits per heavy atom. The SMILES string of the molecule is CCCCOC(=O)CC1c2cccc(C)c2S(=O)(=O)N1CC. The molecule has 0 aromatic heterocycles. The first-order valence-corrected chi connectivity index (χ1v) is 9.14. The summed E-state index contributed by atoms with van der Waals surface area (Å²) in [6, 6.07) is 4.95. The van der Waals surface area contributed by atoms with Gasteiger partial charge in [-0.1, -0.05) is 38.5 Å². The van der Waals surface area contributed by atoms with Crippen molar-refractivity contribution in [1.82, 2.24) is 4.31 Å². The van der Waals surface area contributed by atoms with Crippen LogP contribution in [0.5, 0.6) is 0 Å². The largest absolute Gasteiger partial charge is 0.466 e. The molecule has 0 saturated carbocycles. The van der Waals surface area contributed by atoms with E-state index < -0.39 is 16.1 Å². The lowest BCUT2D eigenvalue weighted by molar-refractivity contribution is -0.144. The standard InChI is InChI=1S/C16H23NO4S/c1-4-6-10-21-15(18)11-14-13-9-7-8-12(3)16(13)22(19,20)17(14)5-2/h7-9,14H,4-6,10-11H2,1-3H3. The molecule has 0 fully saturated rings. The van der Waals surface area contributed by atoms with Gasteiger partial charge >= 0.3 is 5.97 Å². The van der Waals surface area contributed by atoms with E-state index in [4.69, 9.17) is 4.74 Å². The molecule has 1 atom stereocenters. The molecule has 0 spiro atoms. The monoisotopic (exact) mass is 325 g/mol. The summed E-state index contributed by atoms with van der Waals surface area (Å²) in [5, 5.41) is 0. The average Bonchev–Trinajstić information content (AvgIpc) is 2.67. The fourth-order valence-corrected chi connectivity index (χ4v) is 4.95. The number of esters is 1. The van der Waals surface area contributed by atoms with Crippen LogP contribution >= 0.6 is 0 Å². The molecule has 1 heterocycles. The predicted octanol–water partition coefficient (Wildman–Crippen LogP) is 2.79. The van der Waals surface area contributed by atoms with Crippen molar-refractivity contribution in [2.75, 3.05) is 13.2 Å². The molecule has 1 aliphatic rings. The maximum atomic E-state index is 12.7. The molecule has 0 bridgehead atoms. The van der Waals surface area contributed by atoms with Crippen LogP contribution in [0.2, 0.25) is 0 Å². The number of sulfonamides is 1. The first kappa shape index (κ1) is 17.0. The highest BCUT2D eigenvalue weighted by atomic mass is 32.2. The summed E-state index contributed by atoms with van der Waals surface area (Å²) < 4.78 is 31.9. The van der Waals surface area contributed by atoms with Crippen LogP contribution in [0.15, 0.2) is 23.1 Å². The van der Waals surface area contributed by atoms with Crippen molar-refractivity contribution in [2.24, 2.45) is 0 Å². The molecular weight excluding hydrogens is 302 g/mol. The first-order valence-electron chi connectivity index (χ1n) is 7.70. The Morgan fingerprint density at radius 1 is 1.32 bits per heavy atom. The zero-order valence-corrected chi connectivity index (χ0v) is 14.1. The first-order chi connectivity index (χ1) is 10.4. The predicted molar refractivity (Wildman–Crippen MR) is 84.0 cm³/mol. The Morgan fingerprint density at radius 3 is 2.68 bits per heavy atom. The van der Waals surface area contributed by atoms with Crippen molar-refractivity contribution in [3.05, 3.63) is 29.3 Å². The topological polar surface area (TPSA) is 63.7 Å². The molecule has 0 aliphatic carbocycles. The van der Waals surface area contributed by atoms with Gasteiger partial charge in [-0.3, -0.25) is 4.79 Å². The van der Waals surface area contributed by atoms with E-state index in [-0.39, 0.29) is 12.4 Å². The van der Waals surface area contributed by atoms with Crippen LogP contribution in [0.3, 0.4) is 0 Å². The number of hydrogen-bond acceptors (Lipinski definition) is 4. The zero-order chi connectivity index (χ0) is 16.3. The van der Waals surface area contributed by atoms with E-state index in [9.17, 15) is 13.2 Å². The molecule has 2 rings (SSSR count). The highest BCUT2D eigenvalue weighted by molar-refractivity contribution is 7.89. The Bertz CT molecular complexity index is 654. The van der Waals surface area contributed by atoms with Crippen LogP contribution < -0.4 is 0 Å². The maximum absolute atomic E-state index is 12.7. The molecule has 22 heavy (non-hydrogen) atoms. The molecular formula is C16H23NO4S. The smallest absolute Gasteiger partial charge is 0.307 e. The van der Waals surface area contributed by atoms with Gasteiger partial charge in [0, 0.05) is 6.54 Å². The summed E-state index contributed by atoms with van der Waals surface area (Å²) in [7, 11) is -3.52. The van der Waals surface area contributed by atoms with Crippen molar-refractivity contribution in [3.63, 3.8) is 0 Å². The van der Waals surface area contributed by atoms with Gasteiger partial charge in [0.05, 0.1) is 24.0 Å². The number of fused-ring (bicyclic) bond motifs is 1. The van der Waals surface area contributed by atoms with E-state index in [1.54, 1.807) is 26.0 Å². The van der Waals surface area contributed by atoms with Gasteiger partial charge in [-0.15, -0.1) is 0 Å². The number of carbonyl (C=O) groups is 1. The van der Waals surface area contributed by atoms with Crippen molar-refractivity contribution < 1.29 is 17.9 Å². The molecule has 0 N–H and O–H groups in total. The van der Waals surface area contributed by atoms with Crippen LogP contribution in [-0.2, 0) is 19.6 Å². The summed E-state index contributed by atoms with van der Waals surface area (Å²) in [6.45, 7) is 6.32. The minimum atomic E-state index is -3.52. The molecule has 0 amide bonds. The van der Waals surface area contributed by atoms with E-state index in [1.165, 1.54) is 4.31 Å². The average molecular weight is 325 g/mol. The van der Waals surface area contributed by atoms with Gasteiger partial charge in [-0.25, -0.2) is 8.42 Å². The second-order valence-corrected chi connectivity index (χ2v) is 7.32. The highest BCUT2D eigenvalue weighted by Crippen LogP contribution is 2.42. The number of hydrogen-bond donors (Lipinski definition) is 0. The van der Waals surface area contributed by atoms with Crippen LogP contribution in [0, 0.1) is 6.92 Å². The molecule has 1 aromatic carbocycles. The number of unbranched alkanes of at least 4 members (excludes halogenated alkanes) is 1.